The molecule has 6 N–H and O–H groups in total. The summed E-state index contributed by atoms with van der Waals surface area (Å²) in [5, 5.41) is 8.03. The second-order valence-corrected chi connectivity index (χ2v) is 7.67. The van der Waals surface area contributed by atoms with Crippen LogP contribution in [-0.2, 0) is 32.0 Å². The number of nitrogens with one attached hydrogen (secondary N) is 4. The van der Waals surface area contributed by atoms with Crippen LogP contribution < -0.4 is 27.2 Å². The fraction of sp³-hybridized carbons (Fsp3) is 0.304. The Morgan fingerprint density at radius 2 is 1.41 bits per heavy atom. The molecule has 0 aliphatic carbocycles. The molecule has 3 atom stereocenters. The third-order valence-corrected chi connectivity index (χ3v) is 5.29. The fourth-order valence-corrected chi connectivity index (χ4v) is 3.57. The first-order valence-electron chi connectivity index (χ1n) is 10.4. The molecule has 0 saturated carbocycles. The number of hydrogen-bond donors (Lipinski definition) is 5. The van der Waals surface area contributed by atoms with E-state index in [1.54, 1.807) is 0 Å². The third kappa shape index (κ3) is 6.39. The molecule has 1 aliphatic rings. The Balaban J connectivity index is 1.74. The van der Waals surface area contributed by atoms with E-state index in [9.17, 15) is 19.2 Å². The van der Waals surface area contributed by atoms with Crippen LogP contribution in [0.5, 0.6) is 0 Å². The molecular formula is C23H27N5O4. The first kappa shape index (κ1) is 23.0. The Labute approximate surface area is 186 Å². The number of amides is 4. The van der Waals surface area contributed by atoms with Crippen molar-refractivity contribution in [3.05, 3.63) is 71.8 Å². The zero-order valence-electron chi connectivity index (χ0n) is 17.5. The van der Waals surface area contributed by atoms with Crippen molar-refractivity contribution < 1.29 is 19.2 Å². The van der Waals surface area contributed by atoms with E-state index in [-0.39, 0.29) is 25.2 Å². The molecule has 3 rings (SSSR count). The summed E-state index contributed by atoms with van der Waals surface area (Å²) in [5.41, 5.74) is 3.77. The first-order chi connectivity index (χ1) is 15.5. The molecule has 2 aromatic carbocycles. The predicted molar refractivity (Wildman–Crippen MR) is 118 cm³/mol. The Bertz CT molecular complexity index is 951. The molecule has 0 radical (unpaired) electrons. The number of rotatable bonds is 9. The van der Waals surface area contributed by atoms with Gasteiger partial charge in [0.2, 0.25) is 17.7 Å². The molecule has 4 amide bonds. The molecule has 0 bridgehead atoms. The molecule has 32 heavy (non-hydrogen) atoms. The van der Waals surface area contributed by atoms with Crippen molar-refractivity contribution >= 4 is 23.6 Å². The average molecular weight is 438 g/mol. The second-order valence-electron chi connectivity index (χ2n) is 7.67. The molecule has 1 aliphatic heterocycles. The van der Waals surface area contributed by atoms with Crippen LogP contribution in [0.25, 0.3) is 0 Å². The van der Waals surface area contributed by atoms with E-state index in [0.717, 1.165) is 11.1 Å². The van der Waals surface area contributed by atoms with E-state index < -0.39 is 35.8 Å². The molecule has 1 fully saturated rings. The van der Waals surface area contributed by atoms with Gasteiger partial charge >= 0.3 is 0 Å². The minimum Gasteiger partial charge on any atom is -0.344 e. The Kier molecular flexibility index (Phi) is 7.93. The van der Waals surface area contributed by atoms with Gasteiger partial charge in [-0.3, -0.25) is 24.6 Å². The van der Waals surface area contributed by atoms with Crippen LogP contribution in [0.15, 0.2) is 60.7 Å². The van der Waals surface area contributed by atoms with E-state index in [4.69, 9.17) is 5.84 Å². The minimum atomic E-state index is -0.939. The smallest absolute Gasteiger partial charge is 0.256 e. The molecule has 9 heteroatoms. The summed E-state index contributed by atoms with van der Waals surface area (Å²) in [7, 11) is 0. The van der Waals surface area contributed by atoms with Gasteiger partial charge in [0.25, 0.3) is 5.91 Å². The third-order valence-electron chi connectivity index (χ3n) is 5.29. The van der Waals surface area contributed by atoms with Crippen molar-refractivity contribution in [3.63, 3.8) is 0 Å². The van der Waals surface area contributed by atoms with E-state index >= 15 is 0 Å². The Morgan fingerprint density at radius 1 is 0.875 bits per heavy atom. The Hall–Kier alpha value is -3.72. The highest BCUT2D eigenvalue weighted by Gasteiger charge is 2.32. The van der Waals surface area contributed by atoms with Gasteiger partial charge in [-0.1, -0.05) is 60.7 Å². The summed E-state index contributed by atoms with van der Waals surface area (Å²) < 4.78 is 0. The van der Waals surface area contributed by atoms with Crippen LogP contribution in [0.2, 0.25) is 0 Å². The summed E-state index contributed by atoms with van der Waals surface area (Å²) in [6.07, 6.45) is 1.10. The number of nitrogens with two attached hydrogens (primary N) is 1. The molecule has 0 spiro atoms. The average Bonchev–Trinajstić information content (AvgIpc) is 3.25. The highest BCUT2D eigenvalue weighted by atomic mass is 16.2. The lowest BCUT2D eigenvalue weighted by molar-refractivity contribution is -0.132. The monoisotopic (exact) mass is 437 g/mol. The van der Waals surface area contributed by atoms with Crippen molar-refractivity contribution in [2.24, 2.45) is 5.84 Å². The Morgan fingerprint density at radius 3 is 1.88 bits per heavy atom. The molecule has 9 nitrogen and oxygen atoms in total. The largest absolute Gasteiger partial charge is 0.344 e. The normalized spacial score (nSPS) is 17.0. The molecule has 1 heterocycles. The van der Waals surface area contributed by atoms with Gasteiger partial charge in [-0.05, 0) is 17.5 Å². The predicted octanol–water partition coefficient (Wildman–Crippen LogP) is -0.290. The lowest BCUT2D eigenvalue weighted by Gasteiger charge is -2.24. The van der Waals surface area contributed by atoms with Gasteiger partial charge in [0, 0.05) is 19.3 Å². The maximum absolute atomic E-state index is 13.1. The highest BCUT2D eigenvalue weighted by molar-refractivity contribution is 5.95. The van der Waals surface area contributed by atoms with Crippen molar-refractivity contribution in [2.45, 2.75) is 43.8 Å². The molecule has 0 unspecified atom stereocenters. The van der Waals surface area contributed by atoms with E-state index in [1.807, 2.05) is 60.7 Å². The lowest BCUT2D eigenvalue weighted by atomic mass is 10.0. The highest BCUT2D eigenvalue weighted by Crippen LogP contribution is 2.10. The van der Waals surface area contributed by atoms with Crippen molar-refractivity contribution in [1.82, 2.24) is 21.4 Å². The molecule has 0 aromatic heterocycles. The summed E-state index contributed by atoms with van der Waals surface area (Å²) in [4.78, 5) is 49.6. The first-order valence-corrected chi connectivity index (χ1v) is 10.4. The zero-order valence-corrected chi connectivity index (χ0v) is 17.5. The molecule has 168 valence electrons. The van der Waals surface area contributed by atoms with Crippen LogP contribution in [0.1, 0.15) is 24.0 Å². The topological polar surface area (TPSA) is 142 Å². The number of hydrazine groups is 1. The number of hydrogen-bond acceptors (Lipinski definition) is 5. The van der Waals surface area contributed by atoms with Crippen LogP contribution in [0.3, 0.4) is 0 Å². The van der Waals surface area contributed by atoms with Crippen LogP contribution in [0, 0.1) is 0 Å². The van der Waals surface area contributed by atoms with Crippen molar-refractivity contribution in [2.75, 3.05) is 0 Å². The van der Waals surface area contributed by atoms with Crippen LogP contribution in [0.4, 0.5) is 0 Å². The van der Waals surface area contributed by atoms with Gasteiger partial charge in [-0.2, -0.15) is 0 Å². The molecule has 2 aromatic rings. The summed E-state index contributed by atoms with van der Waals surface area (Å²) >= 11 is 0. The van der Waals surface area contributed by atoms with Gasteiger partial charge in [0.1, 0.15) is 18.1 Å². The van der Waals surface area contributed by atoms with Crippen molar-refractivity contribution in [1.29, 1.82) is 0 Å². The zero-order chi connectivity index (χ0) is 22.9. The van der Waals surface area contributed by atoms with Gasteiger partial charge in [-0.25, -0.2) is 5.84 Å². The van der Waals surface area contributed by atoms with E-state index in [0.29, 0.717) is 6.42 Å². The van der Waals surface area contributed by atoms with Gasteiger partial charge < -0.3 is 16.0 Å². The van der Waals surface area contributed by atoms with Gasteiger partial charge in [0.15, 0.2) is 0 Å². The SMILES string of the molecule is NNC(=O)[C@H](Cc1ccccc1)NC(=O)[C@H](Cc1ccccc1)NC(=O)[C@@H]1CCC(=O)N1. The molecule has 1 saturated heterocycles. The summed E-state index contributed by atoms with van der Waals surface area (Å²) in [6, 6.07) is 15.9. The maximum Gasteiger partial charge on any atom is 0.256 e. The number of benzene rings is 2. The second kappa shape index (κ2) is 11.1. The van der Waals surface area contributed by atoms with E-state index in [2.05, 4.69) is 21.4 Å². The minimum absolute atomic E-state index is 0.197. The van der Waals surface area contributed by atoms with Crippen LogP contribution in [-0.4, -0.2) is 41.8 Å². The summed E-state index contributed by atoms with van der Waals surface area (Å²) in [6.45, 7) is 0. The van der Waals surface area contributed by atoms with Gasteiger partial charge in [0.05, 0.1) is 0 Å². The maximum atomic E-state index is 13.1. The van der Waals surface area contributed by atoms with E-state index in [1.165, 1.54) is 0 Å². The lowest BCUT2D eigenvalue weighted by Crippen LogP contribution is -2.57. The standard InChI is InChI=1S/C23H27N5O4/c24-28-23(32)19(14-16-9-5-2-6-10-16)27-22(31)18(13-15-7-3-1-4-8-15)26-21(30)17-11-12-20(29)25-17/h1-10,17-19H,11-14,24H2,(H,25,29)(H,26,30)(H,27,31)(H,28,32)/t17-,18-,19-/m0/s1. The summed E-state index contributed by atoms with van der Waals surface area (Å²) in [5.74, 6) is 3.62. The number of carbonyl (C=O) groups excluding carboxylic acids is 4. The van der Waals surface area contributed by atoms with Crippen molar-refractivity contribution in [3.8, 4) is 0 Å². The van der Waals surface area contributed by atoms with Crippen LogP contribution >= 0.6 is 0 Å². The number of carbonyl (C=O) groups is 4. The fourth-order valence-electron chi connectivity index (χ4n) is 3.57. The molecular weight excluding hydrogens is 410 g/mol. The quantitative estimate of drug-likeness (QED) is 0.208. The van der Waals surface area contributed by atoms with Gasteiger partial charge in [-0.15, -0.1) is 0 Å².